The van der Waals surface area contributed by atoms with Gasteiger partial charge in [-0.25, -0.2) is 4.98 Å². The molecule has 0 aliphatic heterocycles. The van der Waals surface area contributed by atoms with Crippen molar-refractivity contribution in [3.63, 3.8) is 0 Å². The molecule has 0 bridgehead atoms. The molecule has 1 heterocycles. The lowest BCUT2D eigenvalue weighted by atomic mass is 10.1. The van der Waals surface area contributed by atoms with Crippen LogP contribution in [0.5, 0.6) is 0 Å². The molecule has 0 amide bonds. The Bertz CT molecular complexity index is 366. The van der Waals surface area contributed by atoms with E-state index in [1.165, 1.54) is 0 Å². The smallest absolute Gasteiger partial charge is 0.355 e. The molecule has 78 valence electrons. The highest BCUT2D eigenvalue weighted by atomic mass is 19.4. The van der Waals surface area contributed by atoms with E-state index in [0.29, 0.717) is 0 Å². The summed E-state index contributed by atoms with van der Waals surface area (Å²) in [6, 6.07) is 3.94. The van der Waals surface area contributed by atoms with Gasteiger partial charge in [-0.15, -0.1) is 0 Å². The molecule has 0 spiro atoms. The number of rotatable bonds is 2. The first kappa shape index (κ1) is 11.5. The highest BCUT2D eigenvalue weighted by Crippen LogP contribution is 2.35. The van der Waals surface area contributed by atoms with Gasteiger partial charge in [-0.3, -0.25) is 0 Å². The molecule has 0 saturated carbocycles. The van der Waals surface area contributed by atoms with Gasteiger partial charge in [0.2, 0.25) is 0 Å². The number of nitriles is 1. The summed E-state index contributed by atoms with van der Waals surface area (Å²) in [6.45, 7) is 0. The second-order valence-electron chi connectivity index (χ2n) is 2.65. The van der Waals surface area contributed by atoms with Crippen molar-refractivity contribution in [2.24, 2.45) is 0 Å². The summed E-state index contributed by atoms with van der Waals surface area (Å²) in [5.41, 5.74) is -0.222. The zero-order chi connectivity index (χ0) is 11.5. The number of halogens is 3. The molecule has 0 aliphatic carbocycles. The van der Waals surface area contributed by atoms with Gasteiger partial charge in [0.05, 0.1) is 0 Å². The summed E-state index contributed by atoms with van der Waals surface area (Å²) in [7, 11) is 4.55. The number of pyridine rings is 1. The van der Waals surface area contributed by atoms with E-state index in [1.54, 1.807) is 6.07 Å². The second kappa shape index (κ2) is 4.28. The molecule has 1 aromatic rings. The summed E-state index contributed by atoms with van der Waals surface area (Å²) in [4.78, 5) is 3.48. The van der Waals surface area contributed by atoms with Gasteiger partial charge < -0.3 is 4.74 Å². The average molecular weight is 214 g/mol. The lowest BCUT2D eigenvalue weighted by Crippen LogP contribution is -2.21. The molecular formula is C9H5F3N2O. The van der Waals surface area contributed by atoms with Crippen LogP contribution < -0.4 is 0 Å². The highest BCUT2D eigenvalue weighted by molar-refractivity contribution is 5.24. The SMILES string of the molecule is [CH]OC(c1ccc(C#N)nc1)C(F)(F)F. The van der Waals surface area contributed by atoms with Crippen LogP contribution in [-0.4, -0.2) is 11.2 Å². The van der Waals surface area contributed by atoms with E-state index in [4.69, 9.17) is 5.26 Å². The molecule has 0 saturated heterocycles. The minimum Gasteiger partial charge on any atom is -0.355 e. The minimum absolute atomic E-state index is 0.0247. The average Bonchev–Trinajstić information content (AvgIpc) is 2.18. The number of nitrogens with zero attached hydrogens (tertiary/aromatic N) is 2. The fourth-order valence-electron chi connectivity index (χ4n) is 0.971. The molecule has 1 atom stereocenters. The summed E-state index contributed by atoms with van der Waals surface area (Å²) < 4.78 is 40.7. The van der Waals surface area contributed by atoms with Gasteiger partial charge in [-0.05, 0) is 6.07 Å². The highest BCUT2D eigenvalue weighted by Gasteiger charge is 2.41. The Morgan fingerprint density at radius 3 is 2.47 bits per heavy atom. The molecule has 2 radical (unpaired) electrons. The first-order chi connectivity index (χ1) is 6.99. The maximum Gasteiger partial charge on any atom is 0.418 e. The van der Waals surface area contributed by atoms with Crippen LogP contribution in [0.3, 0.4) is 0 Å². The van der Waals surface area contributed by atoms with E-state index in [-0.39, 0.29) is 11.3 Å². The second-order valence-corrected chi connectivity index (χ2v) is 2.65. The Balaban J connectivity index is 3.00. The van der Waals surface area contributed by atoms with E-state index >= 15 is 0 Å². The molecule has 1 aromatic heterocycles. The maximum atomic E-state index is 12.3. The van der Waals surface area contributed by atoms with Crippen LogP contribution in [-0.2, 0) is 4.74 Å². The van der Waals surface area contributed by atoms with Gasteiger partial charge in [-0.2, -0.15) is 18.4 Å². The predicted octanol–water partition coefficient (Wildman–Crippen LogP) is 2.24. The van der Waals surface area contributed by atoms with E-state index in [9.17, 15) is 13.2 Å². The maximum absolute atomic E-state index is 12.3. The zero-order valence-electron chi connectivity index (χ0n) is 7.32. The first-order valence-electron chi connectivity index (χ1n) is 3.77. The van der Waals surface area contributed by atoms with Crippen LogP contribution in [0.25, 0.3) is 0 Å². The van der Waals surface area contributed by atoms with Crippen molar-refractivity contribution in [3.05, 3.63) is 36.7 Å². The van der Waals surface area contributed by atoms with Gasteiger partial charge in [0.25, 0.3) is 0 Å². The molecule has 15 heavy (non-hydrogen) atoms. The van der Waals surface area contributed by atoms with Crippen LogP contribution in [0, 0.1) is 18.4 Å². The zero-order valence-corrected chi connectivity index (χ0v) is 7.32. The van der Waals surface area contributed by atoms with Gasteiger partial charge >= 0.3 is 6.18 Å². The molecule has 0 aliphatic rings. The van der Waals surface area contributed by atoms with Gasteiger partial charge in [0.15, 0.2) is 6.10 Å². The van der Waals surface area contributed by atoms with Crippen molar-refractivity contribution in [2.45, 2.75) is 12.3 Å². The summed E-state index contributed by atoms with van der Waals surface area (Å²) in [6.07, 6.45) is -5.92. The van der Waals surface area contributed by atoms with Crippen LogP contribution in [0.1, 0.15) is 17.4 Å². The number of hydrogen-bond acceptors (Lipinski definition) is 3. The Hall–Kier alpha value is -1.61. The van der Waals surface area contributed by atoms with E-state index in [1.807, 2.05) is 0 Å². The largest absolute Gasteiger partial charge is 0.418 e. The number of ether oxygens (including phenoxy) is 1. The van der Waals surface area contributed by atoms with Crippen molar-refractivity contribution in [1.29, 1.82) is 5.26 Å². The molecule has 0 N–H and O–H groups in total. The summed E-state index contributed by atoms with van der Waals surface area (Å²) >= 11 is 0. The molecule has 6 heteroatoms. The molecule has 0 aromatic carbocycles. The Labute approximate surface area is 84.1 Å². The van der Waals surface area contributed by atoms with Crippen LogP contribution in [0.15, 0.2) is 18.3 Å². The molecule has 1 rings (SSSR count). The monoisotopic (exact) mass is 214 g/mol. The van der Waals surface area contributed by atoms with Crippen molar-refractivity contribution < 1.29 is 17.9 Å². The third kappa shape index (κ3) is 2.67. The lowest BCUT2D eigenvalue weighted by molar-refractivity contribution is -0.210. The molecular weight excluding hydrogens is 209 g/mol. The Morgan fingerprint density at radius 2 is 2.13 bits per heavy atom. The van der Waals surface area contributed by atoms with Crippen LogP contribution in [0.2, 0.25) is 0 Å². The van der Waals surface area contributed by atoms with Crippen molar-refractivity contribution in [2.75, 3.05) is 0 Å². The predicted molar refractivity (Wildman–Crippen MR) is 43.1 cm³/mol. The van der Waals surface area contributed by atoms with E-state index < -0.39 is 12.3 Å². The van der Waals surface area contributed by atoms with Crippen molar-refractivity contribution in [1.82, 2.24) is 4.98 Å². The standard InChI is InChI=1S/C9H5F3N2O/c1-15-8(9(10,11)12)6-2-3-7(4-13)14-5-6/h1-3,5,8H. The summed E-state index contributed by atoms with van der Waals surface area (Å²) in [5.74, 6) is 0. The van der Waals surface area contributed by atoms with Crippen molar-refractivity contribution >= 4 is 0 Å². The van der Waals surface area contributed by atoms with E-state index in [0.717, 1.165) is 18.3 Å². The van der Waals surface area contributed by atoms with Gasteiger partial charge in [0.1, 0.15) is 18.9 Å². The quantitative estimate of drug-likeness (QED) is 0.758. The number of hydrogen-bond donors (Lipinski definition) is 0. The molecule has 0 fully saturated rings. The fourth-order valence-corrected chi connectivity index (χ4v) is 0.971. The number of aromatic nitrogens is 1. The third-order valence-corrected chi connectivity index (χ3v) is 1.64. The van der Waals surface area contributed by atoms with Gasteiger partial charge in [0, 0.05) is 11.8 Å². The third-order valence-electron chi connectivity index (χ3n) is 1.64. The van der Waals surface area contributed by atoms with Crippen molar-refractivity contribution in [3.8, 4) is 6.07 Å². The minimum atomic E-state index is -4.61. The van der Waals surface area contributed by atoms with Crippen LogP contribution in [0.4, 0.5) is 13.2 Å². The van der Waals surface area contributed by atoms with Gasteiger partial charge in [-0.1, -0.05) is 6.07 Å². The topological polar surface area (TPSA) is 45.9 Å². The summed E-state index contributed by atoms with van der Waals surface area (Å²) in [5, 5.41) is 8.39. The molecule has 3 nitrogen and oxygen atoms in total. The van der Waals surface area contributed by atoms with Crippen LogP contribution >= 0.6 is 0 Å². The lowest BCUT2D eigenvalue weighted by Gasteiger charge is -2.17. The first-order valence-corrected chi connectivity index (χ1v) is 3.77. The fraction of sp³-hybridized carbons (Fsp3) is 0.222. The normalized spacial score (nSPS) is 13.3. The Morgan fingerprint density at radius 1 is 1.47 bits per heavy atom. The number of alkyl halides is 3. The van der Waals surface area contributed by atoms with E-state index in [2.05, 4.69) is 16.8 Å². The Kier molecular flexibility index (Phi) is 3.27. The molecule has 1 unspecified atom stereocenters.